The van der Waals surface area contributed by atoms with E-state index in [0.717, 1.165) is 32.2 Å². The fourth-order valence-corrected chi connectivity index (χ4v) is 5.39. The van der Waals surface area contributed by atoms with E-state index in [1.807, 2.05) is 6.92 Å². The lowest BCUT2D eigenvalue weighted by Gasteiger charge is -2.32. The zero-order chi connectivity index (χ0) is 32.0. The van der Waals surface area contributed by atoms with Gasteiger partial charge < -0.3 is 30.0 Å². The van der Waals surface area contributed by atoms with Gasteiger partial charge >= 0.3 is 6.18 Å². The summed E-state index contributed by atoms with van der Waals surface area (Å²) in [5.74, 6) is 0.163. The van der Waals surface area contributed by atoms with E-state index in [-0.39, 0.29) is 35.5 Å². The zero-order valence-electron chi connectivity index (χ0n) is 25.0. The number of pyridine rings is 1. The molecule has 0 spiro atoms. The molecule has 2 aliphatic carbocycles. The summed E-state index contributed by atoms with van der Waals surface area (Å²) in [6, 6.07) is 10.7. The predicted octanol–water partition coefficient (Wildman–Crippen LogP) is 5.27. The van der Waals surface area contributed by atoms with Crippen LogP contribution >= 0.6 is 0 Å². The number of alkyl halides is 3. The number of aromatic nitrogens is 1. The third-order valence-corrected chi connectivity index (χ3v) is 8.56. The van der Waals surface area contributed by atoms with Crippen LogP contribution in [0.1, 0.15) is 54.2 Å². The minimum atomic E-state index is -5.23. The first-order chi connectivity index (χ1) is 21.4. The molecule has 45 heavy (non-hydrogen) atoms. The van der Waals surface area contributed by atoms with Crippen molar-refractivity contribution in [2.24, 2.45) is 5.92 Å². The van der Waals surface area contributed by atoms with Crippen molar-refractivity contribution in [3.8, 4) is 28.5 Å². The first kappa shape index (κ1) is 31.1. The highest BCUT2D eigenvalue weighted by atomic mass is 19.4. The first-order valence-electron chi connectivity index (χ1n) is 15.0. The number of ether oxygens (including phenoxy) is 3. The molecule has 6 rings (SSSR count). The fourth-order valence-electron chi connectivity index (χ4n) is 5.39. The topological polar surface area (TPSA) is 102 Å². The number of nitrogens with zero attached hydrogens (tertiary/aromatic N) is 1. The third kappa shape index (κ3) is 6.44. The van der Waals surface area contributed by atoms with Gasteiger partial charge in [-0.25, -0.2) is 9.37 Å². The van der Waals surface area contributed by atoms with E-state index in [0.29, 0.717) is 29.3 Å². The van der Waals surface area contributed by atoms with E-state index in [4.69, 9.17) is 14.2 Å². The molecule has 3 aromatic rings. The second kappa shape index (κ2) is 11.8. The molecule has 2 atom stereocenters. The van der Waals surface area contributed by atoms with Crippen molar-refractivity contribution in [2.45, 2.75) is 55.9 Å². The van der Waals surface area contributed by atoms with Gasteiger partial charge in [-0.05, 0) is 86.7 Å². The number of halogens is 4. The number of hydrogen-bond acceptors (Lipinski definition) is 7. The molecule has 1 amide bonds. The number of fused-ring (bicyclic) bond motifs is 1. The highest BCUT2D eigenvalue weighted by Crippen LogP contribution is 2.48. The standard InChI is InChI=1S/C33H35F4N3O5/c1-31(16-38-15-19-3-4-19)18-44-29-24(31)14-27(40-28(29)20-5-8-22(34)9-6-20)32(42,33(35,36)37)17-39-30(41)21-7-12-25(26(13-21)43-2)45-23-10-11-23/h5-9,12-14,19,23,38,42H,3-4,10-11,15-18H2,1-2H3,(H,39,41)/t31-,32-/m0/s1. The zero-order valence-corrected chi connectivity index (χ0v) is 25.0. The lowest BCUT2D eigenvalue weighted by Crippen LogP contribution is -2.51. The maximum atomic E-state index is 14.8. The Balaban J connectivity index is 1.33. The predicted molar refractivity (Wildman–Crippen MR) is 157 cm³/mol. The number of methoxy groups -OCH3 is 1. The van der Waals surface area contributed by atoms with Crippen molar-refractivity contribution in [1.82, 2.24) is 15.6 Å². The highest BCUT2D eigenvalue weighted by Gasteiger charge is 2.57. The Morgan fingerprint density at radius 2 is 1.82 bits per heavy atom. The molecule has 0 radical (unpaired) electrons. The van der Waals surface area contributed by atoms with Gasteiger partial charge in [0.15, 0.2) is 11.5 Å². The van der Waals surface area contributed by atoms with Gasteiger partial charge in [-0.2, -0.15) is 13.2 Å². The Morgan fingerprint density at radius 3 is 2.47 bits per heavy atom. The van der Waals surface area contributed by atoms with Crippen LogP contribution in [-0.2, 0) is 11.0 Å². The smallest absolute Gasteiger partial charge is 0.424 e. The van der Waals surface area contributed by atoms with Crippen LogP contribution in [0.15, 0.2) is 48.5 Å². The van der Waals surface area contributed by atoms with Gasteiger partial charge in [-0.15, -0.1) is 0 Å². The van der Waals surface area contributed by atoms with Crippen molar-refractivity contribution < 1.29 is 41.7 Å². The molecule has 3 aliphatic rings. The summed E-state index contributed by atoms with van der Waals surface area (Å²) in [6.45, 7) is 2.03. The lowest BCUT2D eigenvalue weighted by atomic mass is 9.82. The second-order valence-electron chi connectivity index (χ2n) is 12.4. The van der Waals surface area contributed by atoms with Crippen LogP contribution in [0.25, 0.3) is 11.3 Å². The Morgan fingerprint density at radius 1 is 1.09 bits per heavy atom. The number of carbonyl (C=O) groups excluding carboxylic acids is 1. The molecular weight excluding hydrogens is 594 g/mol. The molecule has 0 bridgehead atoms. The minimum Gasteiger partial charge on any atom is -0.493 e. The summed E-state index contributed by atoms with van der Waals surface area (Å²) in [7, 11) is 1.40. The van der Waals surface area contributed by atoms with Gasteiger partial charge in [-0.1, -0.05) is 6.92 Å². The minimum absolute atomic E-state index is 0.0242. The van der Waals surface area contributed by atoms with E-state index >= 15 is 0 Å². The van der Waals surface area contributed by atoms with E-state index < -0.39 is 41.2 Å². The summed E-state index contributed by atoms with van der Waals surface area (Å²) < 4.78 is 75.3. The van der Waals surface area contributed by atoms with Crippen molar-refractivity contribution in [1.29, 1.82) is 0 Å². The Labute approximate surface area is 258 Å². The molecule has 2 heterocycles. The summed E-state index contributed by atoms with van der Waals surface area (Å²) in [6.07, 6.45) is -1.08. The van der Waals surface area contributed by atoms with Gasteiger partial charge in [0.1, 0.15) is 17.3 Å². The van der Waals surface area contributed by atoms with Gasteiger partial charge in [0, 0.05) is 28.7 Å². The Kier molecular flexibility index (Phi) is 8.15. The molecule has 240 valence electrons. The maximum Gasteiger partial charge on any atom is 0.424 e. The molecule has 12 heteroatoms. The van der Waals surface area contributed by atoms with E-state index in [2.05, 4.69) is 15.6 Å². The average molecular weight is 630 g/mol. The van der Waals surface area contributed by atoms with Crippen LogP contribution in [-0.4, -0.2) is 61.6 Å². The molecule has 2 fully saturated rings. The molecule has 3 N–H and O–H groups in total. The van der Waals surface area contributed by atoms with Crippen molar-refractivity contribution >= 4 is 5.91 Å². The number of rotatable bonds is 12. The van der Waals surface area contributed by atoms with E-state index in [1.165, 1.54) is 55.6 Å². The van der Waals surface area contributed by atoms with Crippen LogP contribution in [0.2, 0.25) is 0 Å². The van der Waals surface area contributed by atoms with Crippen molar-refractivity contribution in [3.63, 3.8) is 0 Å². The number of carbonyl (C=O) groups is 1. The molecule has 2 aromatic carbocycles. The Hall–Kier alpha value is -3.90. The SMILES string of the molecule is COc1cc(C(=O)NC[C@](O)(c2cc3c(c(-c4ccc(F)cc4)n2)OC[C@]3(C)CNCC2CC2)C(F)(F)F)ccc1OC1CC1. The fraction of sp³-hybridized carbons (Fsp3) is 0.455. The molecule has 1 aromatic heterocycles. The van der Waals surface area contributed by atoms with Gasteiger partial charge in [0.2, 0.25) is 5.60 Å². The number of hydrogen-bond donors (Lipinski definition) is 3. The lowest BCUT2D eigenvalue weighted by molar-refractivity contribution is -0.265. The summed E-state index contributed by atoms with van der Waals surface area (Å²) in [5, 5.41) is 17.0. The van der Waals surface area contributed by atoms with Crippen molar-refractivity contribution in [3.05, 3.63) is 71.2 Å². The van der Waals surface area contributed by atoms with Crippen LogP contribution in [0.3, 0.4) is 0 Å². The van der Waals surface area contributed by atoms with Crippen LogP contribution < -0.4 is 24.8 Å². The normalized spacial score (nSPS) is 20.6. The molecule has 8 nitrogen and oxygen atoms in total. The maximum absolute atomic E-state index is 14.8. The monoisotopic (exact) mass is 629 g/mol. The third-order valence-electron chi connectivity index (χ3n) is 8.56. The van der Waals surface area contributed by atoms with Crippen LogP contribution in [0, 0.1) is 11.7 Å². The first-order valence-corrected chi connectivity index (χ1v) is 15.0. The largest absolute Gasteiger partial charge is 0.493 e. The number of nitrogens with one attached hydrogen (secondary N) is 2. The molecule has 2 saturated carbocycles. The number of aliphatic hydroxyl groups is 1. The van der Waals surface area contributed by atoms with Crippen molar-refractivity contribution in [2.75, 3.05) is 33.4 Å². The van der Waals surface area contributed by atoms with Gasteiger partial charge in [-0.3, -0.25) is 4.79 Å². The summed E-state index contributed by atoms with van der Waals surface area (Å²) >= 11 is 0. The van der Waals surface area contributed by atoms with Gasteiger partial charge in [0.25, 0.3) is 5.91 Å². The second-order valence-corrected chi connectivity index (χ2v) is 12.4. The highest BCUT2D eigenvalue weighted by molar-refractivity contribution is 5.95. The quantitative estimate of drug-likeness (QED) is 0.235. The Bertz CT molecular complexity index is 1580. The number of amides is 1. The van der Waals surface area contributed by atoms with Gasteiger partial charge in [0.05, 0.1) is 32.1 Å². The van der Waals surface area contributed by atoms with E-state index in [1.54, 1.807) is 0 Å². The average Bonchev–Trinajstić information content (AvgIpc) is 3.96. The summed E-state index contributed by atoms with van der Waals surface area (Å²) in [5.41, 5.74) is -4.21. The van der Waals surface area contributed by atoms with Crippen LogP contribution in [0.5, 0.6) is 17.2 Å². The molecule has 1 aliphatic heterocycles. The molecule has 0 unspecified atom stereocenters. The molecule has 0 saturated heterocycles. The number of benzene rings is 2. The molecular formula is C33H35F4N3O5. The van der Waals surface area contributed by atoms with E-state index in [9.17, 15) is 27.5 Å². The summed E-state index contributed by atoms with van der Waals surface area (Å²) in [4.78, 5) is 17.3. The van der Waals surface area contributed by atoms with Crippen LogP contribution in [0.4, 0.5) is 17.6 Å².